The van der Waals surface area contributed by atoms with Crippen molar-refractivity contribution in [2.45, 2.75) is 32.6 Å². The number of fused-ring (bicyclic) bond motifs is 1. The highest BCUT2D eigenvalue weighted by atomic mass is 16.2. The van der Waals surface area contributed by atoms with E-state index in [-0.39, 0.29) is 11.8 Å². The molecule has 2 aliphatic carbocycles. The van der Waals surface area contributed by atoms with Crippen molar-refractivity contribution < 1.29 is 4.79 Å². The zero-order valence-electron chi connectivity index (χ0n) is 10.8. The van der Waals surface area contributed by atoms with E-state index in [0.29, 0.717) is 11.8 Å². The van der Waals surface area contributed by atoms with Crippen molar-refractivity contribution in [2.75, 3.05) is 11.1 Å². The van der Waals surface area contributed by atoms with Crippen molar-refractivity contribution in [3.8, 4) is 0 Å². The lowest BCUT2D eigenvalue weighted by molar-refractivity contribution is -0.117. The van der Waals surface area contributed by atoms with E-state index >= 15 is 0 Å². The van der Waals surface area contributed by atoms with Crippen molar-refractivity contribution in [1.29, 1.82) is 0 Å². The van der Waals surface area contributed by atoms with E-state index in [1.807, 2.05) is 25.1 Å². The Morgan fingerprint density at radius 3 is 2.56 bits per heavy atom. The first-order valence-electron chi connectivity index (χ1n) is 6.84. The average Bonchev–Trinajstić information content (AvgIpc) is 3.07. The van der Waals surface area contributed by atoms with Crippen LogP contribution in [0, 0.1) is 24.7 Å². The Balaban J connectivity index is 1.68. The number of rotatable bonds is 2. The minimum Gasteiger partial charge on any atom is -0.399 e. The van der Waals surface area contributed by atoms with Gasteiger partial charge in [0.05, 0.1) is 0 Å². The molecule has 1 aromatic carbocycles. The van der Waals surface area contributed by atoms with E-state index in [1.165, 1.54) is 25.7 Å². The molecule has 2 unspecified atom stereocenters. The third-order valence-electron chi connectivity index (χ3n) is 4.47. The molecule has 2 fully saturated rings. The van der Waals surface area contributed by atoms with Gasteiger partial charge in [0.1, 0.15) is 0 Å². The van der Waals surface area contributed by atoms with Crippen LogP contribution in [-0.2, 0) is 4.79 Å². The van der Waals surface area contributed by atoms with Gasteiger partial charge in [0, 0.05) is 17.3 Å². The first-order chi connectivity index (χ1) is 8.66. The maximum absolute atomic E-state index is 12.2. The molecule has 1 aromatic rings. The van der Waals surface area contributed by atoms with E-state index in [1.54, 1.807) is 0 Å². The number of carbonyl (C=O) groups is 1. The van der Waals surface area contributed by atoms with Gasteiger partial charge in [0.15, 0.2) is 0 Å². The number of carbonyl (C=O) groups excluding carboxylic acids is 1. The molecule has 3 rings (SSSR count). The van der Waals surface area contributed by atoms with E-state index in [4.69, 9.17) is 5.73 Å². The van der Waals surface area contributed by atoms with Crippen molar-refractivity contribution in [3.63, 3.8) is 0 Å². The molecule has 3 nitrogen and oxygen atoms in total. The van der Waals surface area contributed by atoms with E-state index < -0.39 is 0 Å². The molecule has 0 spiro atoms. The summed E-state index contributed by atoms with van der Waals surface area (Å²) in [7, 11) is 0. The number of benzene rings is 1. The summed E-state index contributed by atoms with van der Waals surface area (Å²) in [6, 6.07) is 5.63. The standard InChI is InChI=1S/C15H20N2O/c1-9-8-10(16)6-7-13(9)17-15(18)14-11-4-2-3-5-12(11)14/h6-8,11-12,14H,2-5,16H2,1H3,(H,17,18). The summed E-state index contributed by atoms with van der Waals surface area (Å²) in [5.74, 6) is 1.80. The van der Waals surface area contributed by atoms with Crippen molar-refractivity contribution in [2.24, 2.45) is 17.8 Å². The summed E-state index contributed by atoms with van der Waals surface area (Å²) < 4.78 is 0. The number of anilines is 2. The molecule has 2 aliphatic rings. The maximum atomic E-state index is 12.2. The number of hydrogen-bond acceptors (Lipinski definition) is 2. The van der Waals surface area contributed by atoms with Crippen molar-refractivity contribution in [3.05, 3.63) is 23.8 Å². The molecule has 0 saturated heterocycles. The second-order valence-electron chi connectivity index (χ2n) is 5.70. The molecule has 3 heteroatoms. The summed E-state index contributed by atoms with van der Waals surface area (Å²) >= 11 is 0. The Bertz CT molecular complexity index is 471. The van der Waals surface area contributed by atoms with Gasteiger partial charge in [-0.15, -0.1) is 0 Å². The van der Waals surface area contributed by atoms with Crippen LogP contribution in [0.5, 0.6) is 0 Å². The molecular weight excluding hydrogens is 224 g/mol. The lowest BCUT2D eigenvalue weighted by Gasteiger charge is -2.08. The van der Waals surface area contributed by atoms with Gasteiger partial charge in [-0.05, 0) is 55.4 Å². The van der Waals surface area contributed by atoms with Crippen LogP contribution in [0.4, 0.5) is 11.4 Å². The van der Waals surface area contributed by atoms with Crippen LogP contribution in [0.2, 0.25) is 0 Å². The van der Waals surface area contributed by atoms with Gasteiger partial charge in [-0.1, -0.05) is 12.8 Å². The van der Waals surface area contributed by atoms with Crippen LogP contribution < -0.4 is 11.1 Å². The Morgan fingerprint density at radius 2 is 1.94 bits per heavy atom. The molecule has 18 heavy (non-hydrogen) atoms. The number of nitrogens with two attached hydrogens (primary N) is 1. The molecule has 2 atom stereocenters. The Labute approximate surface area is 108 Å². The fourth-order valence-electron chi connectivity index (χ4n) is 3.42. The third kappa shape index (κ3) is 1.98. The van der Waals surface area contributed by atoms with E-state index in [9.17, 15) is 4.79 Å². The third-order valence-corrected chi connectivity index (χ3v) is 4.47. The summed E-state index contributed by atoms with van der Waals surface area (Å²) in [4.78, 5) is 12.2. The topological polar surface area (TPSA) is 55.1 Å². The largest absolute Gasteiger partial charge is 0.399 e. The fraction of sp³-hybridized carbons (Fsp3) is 0.533. The Morgan fingerprint density at radius 1 is 1.28 bits per heavy atom. The van der Waals surface area contributed by atoms with Gasteiger partial charge < -0.3 is 11.1 Å². The van der Waals surface area contributed by atoms with Crippen LogP contribution in [0.15, 0.2) is 18.2 Å². The first-order valence-corrected chi connectivity index (χ1v) is 6.84. The Hall–Kier alpha value is -1.51. The first kappa shape index (κ1) is 11.6. The van der Waals surface area contributed by atoms with E-state index in [0.717, 1.165) is 16.9 Å². The molecular formula is C15H20N2O. The van der Waals surface area contributed by atoms with Crippen molar-refractivity contribution in [1.82, 2.24) is 0 Å². The normalized spacial score (nSPS) is 29.5. The highest BCUT2D eigenvalue weighted by Gasteiger charge is 2.54. The van der Waals surface area contributed by atoms with Crippen LogP contribution in [0.25, 0.3) is 0 Å². The van der Waals surface area contributed by atoms with Gasteiger partial charge in [0.25, 0.3) is 0 Å². The molecule has 0 radical (unpaired) electrons. The molecule has 0 aromatic heterocycles. The number of nitrogen functional groups attached to an aromatic ring is 1. The van der Waals surface area contributed by atoms with Gasteiger partial charge in [-0.2, -0.15) is 0 Å². The summed E-state index contributed by atoms with van der Waals surface area (Å²) in [5.41, 5.74) is 8.39. The van der Waals surface area contributed by atoms with Crippen molar-refractivity contribution >= 4 is 17.3 Å². The van der Waals surface area contributed by atoms with Gasteiger partial charge in [0.2, 0.25) is 5.91 Å². The van der Waals surface area contributed by atoms with Gasteiger partial charge >= 0.3 is 0 Å². The molecule has 1 amide bonds. The number of amides is 1. The Kier molecular flexibility index (Phi) is 2.77. The quantitative estimate of drug-likeness (QED) is 0.786. The number of nitrogens with one attached hydrogen (secondary N) is 1. The molecule has 0 heterocycles. The highest BCUT2D eigenvalue weighted by Crippen LogP contribution is 2.55. The summed E-state index contributed by atoms with van der Waals surface area (Å²) in [6.45, 7) is 1.98. The van der Waals surface area contributed by atoms with E-state index in [2.05, 4.69) is 5.32 Å². The minimum atomic E-state index is 0.208. The smallest absolute Gasteiger partial charge is 0.228 e. The zero-order chi connectivity index (χ0) is 12.7. The second-order valence-corrected chi connectivity index (χ2v) is 5.70. The predicted octanol–water partition coefficient (Wildman–Crippen LogP) is 2.95. The average molecular weight is 244 g/mol. The van der Waals surface area contributed by atoms with Gasteiger partial charge in [-0.3, -0.25) is 4.79 Å². The summed E-state index contributed by atoms with van der Waals surface area (Å²) in [6.07, 6.45) is 5.07. The molecule has 2 saturated carbocycles. The number of aryl methyl sites for hydroxylation is 1. The van der Waals surface area contributed by atoms with Gasteiger partial charge in [-0.25, -0.2) is 0 Å². The van der Waals surface area contributed by atoms with Crippen LogP contribution in [0.1, 0.15) is 31.2 Å². The molecule has 96 valence electrons. The van der Waals surface area contributed by atoms with Crippen LogP contribution >= 0.6 is 0 Å². The van der Waals surface area contributed by atoms with Crippen LogP contribution in [-0.4, -0.2) is 5.91 Å². The lowest BCUT2D eigenvalue weighted by Crippen LogP contribution is -2.16. The molecule has 3 N–H and O–H groups in total. The maximum Gasteiger partial charge on any atom is 0.228 e. The zero-order valence-corrected chi connectivity index (χ0v) is 10.8. The molecule has 0 bridgehead atoms. The minimum absolute atomic E-state index is 0.208. The number of hydrogen-bond donors (Lipinski definition) is 2. The highest BCUT2D eigenvalue weighted by molar-refractivity contribution is 5.95. The lowest BCUT2D eigenvalue weighted by atomic mass is 10.0. The summed E-state index contributed by atoms with van der Waals surface area (Å²) in [5, 5.41) is 3.06. The second kappa shape index (κ2) is 4.30. The predicted molar refractivity (Wildman–Crippen MR) is 73.2 cm³/mol. The SMILES string of the molecule is Cc1cc(N)ccc1NC(=O)C1C2CCCCC21. The monoisotopic (exact) mass is 244 g/mol. The molecule has 0 aliphatic heterocycles. The van der Waals surface area contributed by atoms with Crippen LogP contribution in [0.3, 0.4) is 0 Å². The fourth-order valence-corrected chi connectivity index (χ4v) is 3.42.